The summed E-state index contributed by atoms with van der Waals surface area (Å²) < 4.78 is 12.8. The van der Waals surface area contributed by atoms with Crippen molar-refractivity contribution in [1.82, 2.24) is 4.90 Å². The molecule has 2 atom stereocenters. The molecule has 4 heteroatoms. The summed E-state index contributed by atoms with van der Waals surface area (Å²) in [5, 5.41) is 9.12. The topological polar surface area (TPSA) is 40.5 Å². The summed E-state index contributed by atoms with van der Waals surface area (Å²) >= 11 is 0. The molecule has 86 valence electrons. The third-order valence-corrected chi connectivity index (χ3v) is 3.12. The summed E-state index contributed by atoms with van der Waals surface area (Å²) in [6.07, 6.45) is 0. The molecule has 1 heterocycles. The van der Waals surface area contributed by atoms with Crippen molar-refractivity contribution in [2.75, 3.05) is 20.1 Å². The molecule has 2 rings (SSSR count). The predicted molar refractivity (Wildman–Crippen MR) is 57.8 cm³/mol. The Bertz CT molecular complexity index is 391. The fourth-order valence-electron chi connectivity index (χ4n) is 2.30. The number of nitrogens with zero attached hydrogens (tertiary/aromatic N) is 1. The van der Waals surface area contributed by atoms with Crippen molar-refractivity contribution in [3.05, 3.63) is 35.6 Å². The molecule has 0 unspecified atom stereocenters. The molecule has 1 aromatic carbocycles. The molecule has 1 fully saturated rings. The third-order valence-electron chi connectivity index (χ3n) is 3.12. The quantitative estimate of drug-likeness (QED) is 0.827. The SMILES string of the molecule is CN1C[C@H](C(=O)O)[C@@H](c2ccc(F)cc2)C1. The minimum absolute atomic E-state index is 0.0388. The molecule has 1 saturated heterocycles. The maximum atomic E-state index is 12.8. The van der Waals surface area contributed by atoms with Crippen LogP contribution in [0.4, 0.5) is 4.39 Å². The number of rotatable bonds is 2. The Morgan fingerprint density at radius 1 is 1.38 bits per heavy atom. The van der Waals surface area contributed by atoms with E-state index in [1.54, 1.807) is 12.1 Å². The highest BCUT2D eigenvalue weighted by atomic mass is 19.1. The van der Waals surface area contributed by atoms with E-state index >= 15 is 0 Å². The first kappa shape index (κ1) is 11.1. The van der Waals surface area contributed by atoms with Gasteiger partial charge in [-0.25, -0.2) is 4.39 Å². The highest BCUT2D eigenvalue weighted by molar-refractivity contribution is 5.72. The third kappa shape index (κ3) is 2.07. The van der Waals surface area contributed by atoms with Crippen LogP contribution in [0.15, 0.2) is 24.3 Å². The lowest BCUT2D eigenvalue weighted by Crippen LogP contribution is -2.21. The second-order valence-corrected chi connectivity index (χ2v) is 4.32. The number of hydrogen-bond acceptors (Lipinski definition) is 2. The van der Waals surface area contributed by atoms with Gasteiger partial charge in [-0.3, -0.25) is 4.79 Å². The second kappa shape index (κ2) is 4.22. The smallest absolute Gasteiger partial charge is 0.308 e. The number of halogens is 1. The van der Waals surface area contributed by atoms with Crippen LogP contribution in [0.1, 0.15) is 11.5 Å². The Kier molecular flexibility index (Phi) is 2.92. The Morgan fingerprint density at radius 3 is 2.56 bits per heavy atom. The molecular formula is C12H14FNO2. The first-order chi connectivity index (χ1) is 7.58. The molecule has 3 nitrogen and oxygen atoms in total. The summed E-state index contributed by atoms with van der Waals surface area (Å²) in [6, 6.07) is 6.11. The molecule has 0 amide bonds. The monoisotopic (exact) mass is 223 g/mol. The van der Waals surface area contributed by atoms with Gasteiger partial charge in [0, 0.05) is 19.0 Å². The van der Waals surface area contributed by atoms with Gasteiger partial charge >= 0.3 is 5.97 Å². The zero-order chi connectivity index (χ0) is 11.7. The van der Waals surface area contributed by atoms with Crippen molar-refractivity contribution in [3.8, 4) is 0 Å². The molecule has 16 heavy (non-hydrogen) atoms. The van der Waals surface area contributed by atoms with Crippen molar-refractivity contribution in [1.29, 1.82) is 0 Å². The van der Waals surface area contributed by atoms with Gasteiger partial charge in [-0.2, -0.15) is 0 Å². The van der Waals surface area contributed by atoms with Crippen molar-refractivity contribution < 1.29 is 14.3 Å². The van der Waals surface area contributed by atoms with Crippen LogP contribution >= 0.6 is 0 Å². The van der Waals surface area contributed by atoms with Gasteiger partial charge in [0.25, 0.3) is 0 Å². The fourth-order valence-corrected chi connectivity index (χ4v) is 2.30. The summed E-state index contributed by atoms with van der Waals surface area (Å²) in [4.78, 5) is 13.1. The summed E-state index contributed by atoms with van der Waals surface area (Å²) in [7, 11) is 1.90. The van der Waals surface area contributed by atoms with Crippen molar-refractivity contribution in [2.24, 2.45) is 5.92 Å². The van der Waals surface area contributed by atoms with Gasteiger partial charge in [-0.15, -0.1) is 0 Å². The van der Waals surface area contributed by atoms with Gasteiger partial charge in [0.2, 0.25) is 0 Å². The Hall–Kier alpha value is -1.42. The molecule has 0 aliphatic carbocycles. The lowest BCUT2D eigenvalue weighted by molar-refractivity contribution is -0.141. The number of aliphatic carboxylic acids is 1. The predicted octanol–water partition coefficient (Wildman–Crippen LogP) is 1.56. The molecule has 1 aliphatic rings. The second-order valence-electron chi connectivity index (χ2n) is 4.32. The van der Waals surface area contributed by atoms with Crippen LogP contribution in [-0.2, 0) is 4.79 Å². The Morgan fingerprint density at radius 2 is 2.00 bits per heavy atom. The largest absolute Gasteiger partial charge is 0.481 e. The van der Waals surface area contributed by atoms with Crippen LogP contribution in [0.2, 0.25) is 0 Å². The number of benzene rings is 1. The van der Waals surface area contributed by atoms with Crippen molar-refractivity contribution in [3.63, 3.8) is 0 Å². The molecular weight excluding hydrogens is 209 g/mol. The summed E-state index contributed by atoms with van der Waals surface area (Å²) in [5.41, 5.74) is 0.901. The van der Waals surface area contributed by atoms with Crippen LogP contribution in [0.5, 0.6) is 0 Å². The zero-order valence-electron chi connectivity index (χ0n) is 9.06. The van der Waals surface area contributed by atoms with Crippen LogP contribution in [0.25, 0.3) is 0 Å². The Labute approximate surface area is 93.5 Å². The van der Waals surface area contributed by atoms with Crippen molar-refractivity contribution >= 4 is 5.97 Å². The normalized spacial score (nSPS) is 25.9. The number of carboxylic acids is 1. The van der Waals surface area contributed by atoms with E-state index in [-0.39, 0.29) is 11.7 Å². The fraction of sp³-hybridized carbons (Fsp3) is 0.417. The van der Waals surface area contributed by atoms with Gasteiger partial charge < -0.3 is 10.0 Å². The van der Waals surface area contributed by atoms with E-state index in [1.165, 1.54) is 12.1 Å². The maximum absolute atomic E-state index is 12.8. The number of carbonyl (C=O) groups is 1. The average Bonchev–Trinajstić information content (AvgIpc) is 2.61. The van der Waals surface area contributed by atoms with E-state index in [4.69, 9.17) is 5.11 Å². The molecule has 1 aliphatic heterocycles. The van der Waals surface area contributed by atoms with Crippen LogP contribution < -0.4 is 0 Å². The van der Waals surface area contributed by atoms with Gasteiger partial charge in [-0.1, -0.05) is 12.1 Å². The van der Waals surface area contributed by atoms with E-state index in [1.807, 2.05) is 11.9 Å². The zero-order valence-corrected chi connectivity index (χ0v) is 9.06. The minimum Gasteiger partial charge on any atom is -0.481 e. The van der Waals surface area contributed by atoms with Crippen LogP contribution in [0.3, 0.4) is 0 Å². The standard InChI is InChI=1S/C12H14FNO2/c1-14-6-10(11(7-14)12(15)16)8-2-4-9(13)5-3-8/h2-5,10-11H,6-7H2,1H3,(H,15,16)/t10-,11+/m1/s1. The average molecular weight is 223 g/mol. The summed E-state index contributed by atoms with van der Waals surface area (Å²) in [5.74, 6) is -1.50. The molecule has 0 aromatic heterocycles. The summed E-state index contributed by atoms with van der Waals surface area (Å²) in [6.45, 7) is 1.26. The first-order valence-corrected chi connectivity index (χ1v) is 5.24. The molecule has 0 radical (unpaired) electrons. The molecule has 1 aromatic rings. The van der Waals surface area contributed by atoms with E-state index in [2.05, 4.69) is 0 Å². The van der Waals surface area contributed by atoms with Gasteiger partial charge in [0.05, 0.1) is 5.92 Å². The van der Waals surface area contributed by atoms with Crippen LogP contribution in [-0.4, -0.2) is 36.1 Å². The number of likely N-dealkylation sites (N-methyl/N-ethyl adjacent to an activating group) is 1. The molecule has 0 saturated carbocycles. The number of hydrogen-bond donors (Lipinski definition) is 1. The van der Waals surface area contributed by atoms with E-state index in [9.17, 15) is 9.18 Å². The number of likely N-dealkylation sites (tertiary alicyclic amines) is 1. The van der Waals surface area contributed by atoms with Gasteiger partial charge in [0.15, 0.2) is 0 Å². The van der Waals surface area contributed by atoms with E-state index < -0.39 is 11.9 Å². The molecule has 0 spiro atoms. The molecule has 1 N–H and O–H groups in total. The Balaban J connectivity index is 2.25. The van der Waals surface area contributed by atoms with Crippen LogP contribution in [0, 0.1) is 11.7 Å². The molecule has 0 bridgehead atoms. The van der Waals surface area contributed by atoms with E-state index in [0.29, 0.717) is 13.1 Å². The highest BCUT2D eigenvalue weighted by Crippen LogP contribution is 2.32. The van der Waals surface area contributed by atoms with E-state index in [0.717, 1.165) is 5.56 Å². The lowest BCUT2D eigenvalue weighted by atomic mass is 9.89. The lowest BCUT2D eigenvalue weighted by Gasteiger charge is -2.14. The van der Waals surface area contributed by atoms with Crippen molar-refractivity contribution in [2.45, 2.75) is 5.92 Å². The number of carboxylic acid groups (broad SMARTS) is 1. The minimum atomic E-state index is -0.779. The maximum Gasteiger partial charge on any atom is 0.308 e. The van der Waals surface area contributed by atoms with Gasteiger partial charge in [0.1, 0.15) is 5.82 Å². The van der Waals surface area contributed by atoms with Gasteiger partial charge in [-0.05, 0) is 24.7 Å². The highest BCUT2D eigenvalue weighted by Gasteiger charge is 2.36. The first-order valence-electron chi connectivity index (χ1n) is 5.24.